The standard InChI is InChI=1S/C24H33N7O2/c1-3-10-29-11-13-30(14-12-29)22(23-26-27-28-31(23)18-6-4-5-7-18)20-16-17-15-19(33-2)8-9-21(17)25-24(20)32/h8-9,15-16,18,22H,3-7,10-14H2,1-2H3,(H,25,32). The molecule has 9 nitrogen and oxygen atoms in total. The molecule has 176 valence electrons. The molecule has 1 saturated carbocycles. The van der Waals surface area contributed by atoms with Gasteiger partial charge >= 0.3 is 0 Å². The Morgan fingerprint density at radius 1 is 1.15 bits per heavy atom. The van der Waals surface area contributed by atoms with E-state index in [4.69, 9.17) is 4.74 Å². The van der Waals surface area contributed by atoms with E-state index >= 15 is 0 Å². The van der Waals surface area contributed by atoms with Crippen molar-refractivity contribution in [2.75, 3.05) is 39.8 Å². The first-order valence-corrected chi connectivity index (χ1v) is 12.1. The Hall–Kier alpha value is -2.78. The van der Waals surface area contributed by atoms with Crippen molar-refractivity contribution >= 4 is 10.9 Å². The SMILES string of the molecule is CCCN1CCN(C(c2cc3cc(OC)ccc3[nH]c2=O)c2nnnn2C2CCCC2)CC1. The molecule has 1 N–H and O–H groups in total. The van der Waals surface area contributed by atoms with Crippen molar-refractivity contribution in [3.8, 4) is 5.75 Å². The fourth-order valence-corrected chi connectivity index (χ4v) is 5.38. The summed E-state index contributed by atoms with van der Waals surface area (Å²) in [5.74, 6) is 1.54. The van der Waals surface area contributed by atoms with E-state index in [2.05, 4.69) is 37.2 Å². The van der Waals surface area contributed by atoms with Gasteiger partial charge in [-0.3, -0.25) is 9.69 Å². The lowest BCUT2D eigenvalue weighted by Crippen LogP contribution is -2.49. The molecular weight excluding hydrogens is 418 g/mol. The monoisotopic (exact) mass is 451 g/mol. The van der Waals surface area contributed by atoms with Crippen LogP contribution in [0.15, 0.2) is 29.1 Å². The molecule has 0 bridgehead atoms. The average Bonchev–Trinajstić information content (AvgIpc) is 3.53. The summed E-state index contributed by atoms with van der Waals surface area (Å²) in [5, 5.41) is 13.9. The lowest BCUT2D eigenvalue weighted by Gasteiger charge is -2.38. The summed E-state index contributed by atoms with van der Waals surface area (Å²) in [4.78, 5) is 21.3. The third-order valence-electron chi connectivity index (χ3n) is 7.12. The summed E-state index contributed by atoms with van der Waals surface area (Å²) < 4.78 is 7.41. The molecule has 2 aromatic heterocycles. The third-order valence-corrected chi connectivity index (χ3v) is 7.12. The minimum Gasteiger partial charge on any atom is -0.497 e. The molecule has 1 aliphatic heterocycles. The number of piperazine rings is 1. The van der Waals surface area contributed by atoms with Crippen LogP contribution < -0.4 is 10.3 Å². The Bertz CT molecular complexity index is 1140. The van der Waals surface area contributed by atoms with Crippen molar-refractivity contribution in [3.05, 3.63) is 46.0 Å². The molecule has 3 heterocycles. The van der Waals surface area contributed by atoms with Crippen LogP contribution in [0.5, 0.6) is 5.75 Å². The Balaban J connectivity index is 1.58. The number of H-pyrrole nitrogens is 1. The Labute approximate surface area is 193 Å². The summed E-state index contributed by atoms with van der Waals surface area (Å²) >= 11 is 0. The number of hydrogen-bond acceptors (Lipinski definition) is 7. The molecule has 0 spiro atoms. The number of ether oxygens (including phenoxy) is 1. The minimum absolute atomic E-state index is 0.0883. The lowest BCUT2D eigenvalue weighted by molar-refractivity contribution is 0.103. The van der Waals surface area contributed by atoms with Crippen molar-refractivity contribution in [3.63, 3.8) is 0 Å². The average molecular weight is 452 g/mol. The molecular formula is C24H33N7O2. The van der Waals surface area contributed by atoms with Crippen LogP contribution in [-0.4, -0.2) is 74.8 Å². The first-order valence-electron chi connectivity index (χ1n) is 12.1. The van der Waals surface area contributed by atoms with E-state index in [0.717, 1.165) is 74.5 Å². The molecule has 33 heavy (non-hydrogen) atoms. The zero-order valence-corrected chi connectivity index (χ0v) is 19.5. The number of fused-ring (bicyclic) bond motifs is 1. The first kappa shape index (κ1) is 22.0. The molecule has 0 amide bonds. The first-order chi connectivity index (χ1) is 16.2. The van der Waals surface area contributed by atoms with Crippen molar-refractivity contribution in [1.82, 2.24) is 35.0 Å². The highest BCUT2D eigenvalue weighted by atomic mass is 16.5. The number of rotatable bonds is 7. The zero-order chi connectivity index (χ0) is 22.8. The lowest BCUT2D eigenvalue weighted by atomic mass is 10.0. The van der Waals surface area contributed by atoms with E-state index in [9.17, 15) is 4.79 Å². The number of pyridine rings is 1. The van der Waals surface area contributed by atoms with Crippen LogP contribution in [0.4, 0.5) is 0 Å². The van der Waals surface area contributed by atoms with Crippen molar-refractivity contribution < 1.29 is 4.74 Å². The second-order valence-corrected chi connectivity index (χ2v) is 9.21. The van der Waals surface area contributed by atoms with Crippen LogP contribution in [0.25, 0.3) is 10.9 Å². The van der Waals surface area contributed by atoms with Gasteiger partial charge in [0.25, 0.3) is 5.56 Å². The molecule has 0 radical (unpaired) electrons. The van der Waals surface area contributed by atoms with Crippen molar-refractivity contribution in [2.24, 2.45) is 0 Å². The molecule has 1 aromatic carbocycles. The number of nitrogens with zero attached hydrogens (tertiary/aromatic N) is 6. The highest BCUT2D eigenvalue weighted by Gasteiger charge is 2.34. The molecule has 2 fully saturated rings. The van der Waals surface area contributed by atoms with E-state index in [0.29, 0.717) is 11.6 Å². The minimum atomic E-state index is -0.288. The van der Waals surface area contributed by atoms with Gasteiger partial charge in [-0.1, -0.05) is 19.8 Å². The molecule has 5 rings (SSSR count). The van der Waals surface area contributed by atoms with Gasteiger partial charge in [0, 0.05) is 42.6 Å². The second-order valence-electron chi connectivity index (χ2n) is 9.21. The number of methoxy groups -OCH3 is 1. The fraction of sp³-hybridized carbons (Fsp3) is 0.583. The molecule has 9 heteroatoms. The maximum atomic E-state index is 13.4. The van der Waals surface area contributed by atoms with Gasteiger partial charge in [-0.05, 0) is 60.5 Å². The fourth-order valence-electron chi connectivity index (χ4n) is 5.38. The number of aromatic nitrogens is 5. The van der Waals surface area contributed by atoms with Crippen LogP contribution >= 0.6 is 0 Å². The van der Waals surface area contributed by atoms with E-state index in [1.54, 1.807) is 7.11 Å². The van der Waals surface area contributed by atoms with Crippen molar-refractivity contribution in [2.45, 2.75) is 51.1 Å². The van der Waals surface area contributed by atoms with E-state index in [1.807, 2.05) is 28.9 Å². The molecule has 1 aliphatic carbocycles. The predicted octanol–water partition coefficient (Wildman–Crippen LogP) is 2.76. The van der Waals surface area contributed by atoms with Gasteiger partial charge in [0.1, 0.15) is 11.8 Å². The maximum Gasteiger partial charge on any atom is 0.253 e. The Morgan fingerprint density at radius 3 is 2.67 bits per heavy atom. The summed E-state index contributed by atoms with van der Waals surface area (Å²) in [6.45, 7) is 7.03. The highest BCUT2D eigenvalue weighted by molar-refractivity contribution is 5.80. The largest absolute Gasteiger partial charge is 0.497 e. The van der Waals surface area contributed by atoms with Gasteiger partial charge in [0.2, 0.25) is 0 Å². The van der Waals surface area contributed by atoms with Gasteiger partial charge in [-0.25, -0.2) is 4.68 Å². The number of hydrogen-bond donors (Lipinski definition) is 1. The summed E-state index contributed by atoms with van der Waals surface area (Å²) in [7, 11) is 1.65. The van der Waals surface area contributed by atoms with Gasteiger partial charge in [0.05, 0.1) is 13.2 Å². The molecule has 1 unspecified atom stereocenters. The molecule has 1 saturated heterocycles. The van der Waals surface area contributed by atoms with Crippen LogP contribution in [0.2, 0.25) is 0 Å². The van der Waals surface area contributed by atoms with E-state index < -0.39 is 0 Å². The van der Waals surface area contributed by atoms with Gasteiger partial charge in [-0.2, -0.15) is 0 Å². The topological polar surface area (TPSA) is 92.2 Å². The van der Waals surface area contributed by atoms with E-state index in [1.165, 1.54) is 12.8 Å². The van der Waals surface area contributed by atoms with E-state index in [-0.39, 0.29) is 11.6 Å². The quantitative estimate of drug-likeness (QED) is 0.590. The number of benzene rings is 1. The third kappa shape index (κ3) is 4.39. The Kier molecular flexibility index (Phi) is 6.41. The predicted molar refractivity (Wildman–Crippen MR) is 127 cm³/mol. The smallest absolute Gasteiger partial charge is 0.253 e. The molecule has 2 aliphatic rings. The molecule has 3 aromatic rings. The zero-order valence-electron chi connectivity index (χ0n) is 19.5. The summed E-state index contributed by atoms with van der Waals surface area (Å²) in [5.41, 5.74) is 1.40. The van der Waals surface area contributed by atoms with Gasteiger partial charge in [-0.15, -0.1) is 5.10 Å². The number of aromatic amines is 1. The number of nitrogens with one attached hydrogen (secondary N) is 1. The van der Waals surface area contributed by atoms with Gasteiger partial charge in [0.15, 0.2) is 5.82 Å². The second kappa shape index (κ2) is 9.61. The van der Waals surface area contributed by atoms with Crippen molar-refractivity contribution in [1.29, 1.82) is 0 Å². The van der Waals surface area contributed by atoms with Crippen LogP contribution in [0, 0.1) is 0 Å². The molecule has 1 atom stereocenters. The van der Waals surface area contributed by atoms with Crippen LogP contribution in [-0.2, 0) is 0 Å². The summed E-state index contributed by atoms with van der Waals surface area (Å²) in [6, 6.07) is 7.73. The number of tetrazole rings is 1. The van der Waals surface area contributed by atoms with Crippen LogP contribution in [0.1, 0.15) is 62.5 Å². The maximum absolute atomic E-state index is 13.4. The normalized spacial score (nSPS) is 19.3. The highest BCUT2D eigenvalue weighted by Crippen LogP contribution is 2.34. The summed E-state index contributed by atoms with van der Waals surface area (Å²) in [6.07, 6.45) is 5.71. The van der Waals surface area contributed by atoms with Gasteiger partial charge < -0.3 is 14.6 Å². The van der Waals surface area contributed by atoms with Crippen LogP contribution in [0.3, 0.4) is 0 Å². The Morgan fingerprint density at radius 2 is 1.94 bits per heavy atom.